The highest BCUT2D eigenvalue weighted by Gasteiger charge is 2.25. The predicted molar refractivity (Wildman–Crippen MR) is 157 cm³/mol. The van der Waals surface area contributed by atoms with Crippen LogP contribution in [0.3, 0.4) is 0 Å². The molecule has 3 heterocycles. The summed E-state index contributed by atoms with van der Waals surface area (Å²) in [4.78, 5) is 29.8. The van der Waals surface area contributed by atoms with E-state index in [0.29, 0.717) is 29.1 Å². The molecule has 0 atom stereocenters. The Hall–Kier alpha value is -4.24. The van der Waals surface area contributed by atoms with Crippen molar-refractivity contribution >= 4 is 23.1 Å². The lowest BCUT2D eigenvalue weighted by Gasteiger charge is -2.23. The van der Waals surface area contributed by atoms with Crippen LogP contribution in [0.2, 0.25) is 0 Å². The first-order chi connectivity index (χ1) is 20.1. The Bertz CT molecular complexity index is 1570. The molecule has 1 aliphatic heterocycles. The molecule has 2 aliphatic carbocycles. The fourth-order valence-corrected chi connectivity index (χ4v) is 5.22. The summed E-state index contributed by atoms with van der Waals surface area (Å²) in [6.07, 6.45) is 8.12. The highest BCUT2D eigenvalue weighted by Crippen LogP contribution is 2.30. The Balaban J connectivity index is 1.21. The first-order valence-electron chi connectivity index (χ1n) is 14.6. The van der Waals surface area contributed by atoms with E-state index >= 15 is 0 Å². The number of amides is 2. The molecule has 9 nitrogen and oxygen atoms in total. The van der Waals surface area contributed by atoms with E-state index in [-0.39, 0.29) is 11.8 Å². The van der Waals surface area contributed by atoms with Crippen molar-refractivity contribution in [3.8, 4) is 22.5 Å². The molecule has 2 aromatic heterocycles. The topological polar surface area (TPSA) is 110 Å². The van der Waals surface area contributed by atoms with E-state index in [1.54, 1.807) is 0 Å². The van der Waals surface area contributed by atoms with Gasteiger partial charge < -0.3 is 20.7 Å². The van der Waals surface area contributed by atoms with Gasteiger partial charge in [0.05, 0.1) is 23.3 Å². The molecule has 2 saturated carbocycles. The van der Waals surface area contributed by atoms with Gasteiger partial charge in [-0.3, -0.25) is 9.59 Å². The van der Waals surface area contributed by atoms with Crippen LogP contribution in [0.15, 0.2) is 60.8 Å². The molecule has 2 aromatic carbocycles. The molecule has 0 bridgehead atoms. The maximum absolute atomic E-state index is 12.5. The molecule has 3 N–H and O–H groups in total. The van der Waals surface area contributed by atoms with Crippen molar-refractivity contribution in [3.63, 3.8) is 0 Å². The monoisotopic (exact) mass is 550 g/mol. The van der Waals surface area contributed by atoms with Gasteiger partial charge in [-0.05, 0) is 74.8 Å². The van der Waals surface area contributed by atoms with Crippen molar-refractivity contribution in [1.29, 1.82) is 0 Å². The molecule has 0 spiro atoms. The molecular weight excluding hydrogens is 516 g/mol. The van der Waals surface area contributed by atoms with Gasteiger partial charge in [-0.15, -0.1) is 0 Å². The average Bonchev–Trinajstić information content (AvgIpc) is 3.96. The van der Waals surface area contributed by atoms with Gasteiger partial charge in [0.2, 0.25) is 0 Å². The molecule has 3 aliphatic rings. The Morgan fingerprint density at radius 2 is 1.39 bits per heavy atom. The quantitative estimate of drug-likeness (QED) is 0.279. The van der Waals surface area contributed by atoms with E-state index in [0.717, 1.165) is 92.1 Å². The minimum Gasteiger partial charge on any atom is -0.382 e. The van der Waals surface area contributed by atoms with Gasteiger partial charge in [-0.25, -0.2) is 9.50 Å². The van der Waals surface area contributed by atoms with Crippen molar-refractivity contribution in [2.75, 3.05) is 25.1 Å². The summed E-state index contributed by atoms with van der Waals surface area (Å²) in [7, 11) is 0. The summed E-state index contributed by atoms with van der Waals surface area (Å²) in [5, 5.41) is 14.7. The molecule has 7 rings (SSSR count). The third-order valence-electron chi connectivity index (χ3n) is 8.10. The summed E-state index contributed by atoms with van der Waals surface area (Å²) in [6, 6.07) is 17.9. The number of nitrogens with zero attached hydrogens (tertiary/aromatic N) is 3. The van der Waals surface area contributed by atoms with E-state index in [9.17, 15) is 9.59 Å². The first kappa shape index (κ1) is 25.7. The Labute approximate surface area is 238 Å². The normalized spacial score (nSPS) is 17.4. The summed E-state index contributed by atoms with van der Waals surface area (Å²) in [5.41, 5.74) is 6.40. The molecule has 0 unspecified atom stereocenters. The lowest BCUT2D eigenvalue weighted by Crippen LogP contribution is -2.25. The number of aromatic nitrogens is 3. The molecule has 4 aromatic rings. The van der Waals surface area contributed by atoms with Crippen LogP contribution in [0.5, 0.6) is 0 Å². The zero-order chi connectivity index (χ0) is 27.8. The number of anilines is 1. The van der Waals surface area contributed by atoms with Gasteiger partial charge in [-0.2, -0.15) is 5.10 Å². The minimum atomic E-state index is -0.0357. The number of imidazole rings is 1. The Morgan fingerprint density at radius 1 is 0.805 bits per heavy atom. The first-order valence-corrected chi connectivity index (χ1v) is 14.6. The van der Waals surface area contributed by atoms with Gasteiger partial charge >= 0.3 is 0 Å². The number of hydrogen-bond acceptors (Lipinski definition) is 6. The smallest absolute Gasteiger partial charge is 0.251 e. The molecule has 41 heavy (non-hydrogen) atoms. The number of rotatable bonds is 9. The third-order valence-corrected chi connectivity index (χ3v) is 8.10. The predicted octanol–water partition coefficient (Wildman–Crippen LogP) is 4.69. The lowest BCUT2D eigenvalue weighted by atomic mass is 10.0. The molecular formula is C32H34N6O3. The number of ether oxygens (including phenoxy) is 1. The van der Waals surface area contributed by atoms with Gasteiger partial charge in [0, 0.05) is 54.1 Å². The highest BCUT2D eigenvalue weighted by atomic mass is 16.5. The lowest BCUT2D eigenvalue weighted by molar-refractivity contribution is 0.0699. The molecule has 2 amide bonds. The van der Waals surface area contributed by atoms with Crippen LogP contribution in [0.25, 0.3) is 28.2 Å². The van der Waals surface area contributed by atoms with E-state index < -0.39 is 0 Å². The van der Waals surface area contributed by atoms with Gasteiger partial charge in [-0.1, -0.05) is 24.3 Å². The van der Waals surface area contributed by atoms with Crippen LogP contribution < -0.4 is 16.0 Å². The largest absolute Gasteiger partial charge is 0.382 e. The van der Waals surface area contributed by atoms with Gasteiger partial charge in [0.15, 0.2) is 5.65 Å². The standard InChI is InChI=1S/C32H34N6O3/c39-31(35-25-9-10-25)23-5-1-21(2-6-23)27-17-28(33-18-20-13-15-41-16-14-20)30-34-19-29(38(30)37-27)22-3-7-24(8-4-22)32(40)36-26-11-12-26/h1-8,17,19-20,25-26,33H,9-16,18H2,(H,35,39)(H,36,40). The second-order valence-corrected chi connectivity index (χ2v) is 11.4. The minimum absolute atomic E-state index is 0.0348. The van der Waals surface area contributed by atoms with Crippen LogP contribution in [-0.4, -0.2) is 58.3 Å². The van der Waals surface area contributed by atoms with Crippen molar-refractivity contribution in [2.45, 2.75) is 50.6 Å². The Kier molecular flexibility index (Phi) is 6.88. The fraction of sp³-hybridized carbons (Fsp3) is 0.375. The van der Waals surface area contributed by atoms with Crippen molar-refractivity contribution < 1.29 is 14.3 Å². The second kappa shape index (κ2) is 11.0. The number of carbonyl (C=O) groups is 2. The number of carbonyl (C=O) groups excluding carboxylic acids is 2. The van der Waals surface area contributed by atoms with Gasteiger partial charge in [0.1, 0.15) is 0 Å². The molecule has 3 fully saturated rings. The summed E-state index contributed by atoms with van der Waals surface area (Å²) < 4.78 is 7.41. The molecule has 9 heteroatoms. The zero-order valence-electron chi connectivity index (χ0n) is 22.9. The Morgan fingerprint density at radius 3 is 1.98 bits per heavy atom. The molecule has 1 saturated heterocycles. The van der Waals surface area contributed by atoms with Gasteiger partial charge in [0.25, 0.3) is 11.8 Å². The van der Waals surface area contributed by atoms with E-state index in [1.165, 1.54) is 0 Å². The molecule has 0 radical (unpaired) electrons. The van der Waals surface area contributed by atoms with E-state index in [2.05, 4.69) is 16.0 Å². The summed E-state index contributed by atoms with van der Waals surface area (Å²) in [6.45, 7) is 2.42. The maximum Gasteiger partial charge on any atom is 0.251 e. The fourth-order valence-electron chi connectivity index (χ4n) is 5.22. The number of nitrogens with one attached hydrogen (secondary N) is 3. The average molecular weight is 551 g/mol. The van der Waals surface area contributed by atoms with Crippen molar-refractivity contribution in [1.82, 2.24) is 25.2 Å². The van der Waals surface area contributed by atoms with Crippen LogP contribution >= 0.6 is 0 Å². The van der Waals surface area contributed by atoms with Crippen LogP contribution in [0, 0.1) is 5.92 Å². The summed E-state index contributed by atoms with van der Waals surface area (Å²) >= 11 is 0. The zero-order valence-corrected chi connectivity index (χ0v) is 22.9. The highest BCUT2D eigenvalue weighted by molar-refractivity contribution is 5.95. The maximum atomic E-state index is 12.5. The number of hydrogen-bond donors (Lipinski definition) is 3. The number of benzene rings is 2. The van der Waals surface area contributed by atoms with Crippen molar-refractivity contribution in [2.24, 2.45) is 5.92 Å². The van der Waals surface area contributed by atoms with Crippen LogP contribution in [-0.2, 0) is 4.74 Å². The van der Waals surface area contributed by atoms with E-state index in [1.807, 2.05) is 65.3 Å². The van der Waals surface area contributed by atoms with E-state index in [4.69, 9.17) is 14.8 Å². The number of fused-ring (bicyclic) bond motifs is 1. The third kappa shape index (κ3) is 5.81. The SMILES string of the molecule is O=C(NC1CC1)c1ccc(-c2cc(NCC3CCOCC3)c3ncc(-c4ccc(C(=O)NC5CC5)cc4)n3n2)cc1. The second-order valence-electron chi connectivity index (χ2n) is 11.4. The van der Waals surface area contributed by atoms with Crippen LogP contribution in [0.4, 0.5) is 5.69 Å². The molecule has 210 valence electrons. The van der Waals surface area contributed by atoms with Crippen LogP contribution in [0.1, 0.15) is 59.2 Å². The van der Waals surface area contributed by atoms with Crippen molar-refractivity contribution in [3.05, 3.63) is 71.9 Å². The summed E-state index contributed by atoms with van der Waals surface area (Å²) in [5.74, 6) is 0.465.